The van der Waals surface area contributed by atoms with Crippen LogP contribution in [-0.4, -0.2) is 46.2 Å². The van der Waals surface area contributed by atoms with Crippen LogP contribution in [0.3, 0.4) is 0 Å². The molecule has 1 heterocycles. The molecule has 3 rings (SSSR count). The summed E-state index contributed by atoms with van der Waals surface area (Å²) in [6.07, 6.45) is 3.49. The van der Waals surface area contributed by atoms with Crippen molar-refractivity contribution in [1.82, 2.24) is 4.90 Å². The minimum atomic E-state index is -1.12. The van der Waals surface area contributed by atoms with E-state index in [1.165, 1.54) is 31.2 Å². The van der Waals surface area contributed by atoms with E-state index < -0.39 is 22.9 Å². The van der Waals surface area contributed by atoms with E-state index in [2.05, 4.69) is 5.32 Å². The third-order valence-corrected chi connectivity index (χ3v) is 5.16. The van der Waals surface area contributed by atoms with Gasteiger partial charge in [-0.25, -0.2) is 0 Å². The van der Waals surface area contributed by atoms with Gasteiger partial charge in [-0.3, -0.25) is 34.2 Å². The Bertz CT molecular complexity index is 883. The summed E-state index contributed by atoms with van der Waals surface area (Å²) in [5.41, 5.74) is 0.201. The quantitative estimate of drug-likeness (QED) is 0.236. The number of nitrogens with zero attached hydrogens (tertiary/aromatic N) is 2. The smallest absolute Gasteiger partial charge is 0.308 e. The topological polar surface area (TPSA) is 136 Å². The number of benzene rings is 1. The molecule has 10 heteroatoms. The molecule has 10 nitrogen and oxygen atoms in total. The van der Waals surface area contributed by atoms with Crippen molar-refractivity contribution in [3.8, 4) is 0 Å². The Kier molecular flexibility index (Phi) is 6.24. The fraction of sp³-hybridized carbons (Fsp3) is 0.400. The lowest BCUT2D eigenvalue weighted by Gasteiger charge is -2.16. The van der Waals surface area contributed by atoms with Crippen LogP contribution in [0.1, 0.15) is 26.2 Å². The maximum absolute atomic E-state index is 12.4. The monoisotopic (exact) mass is 415 g/mol. The van der Waals surface area contributed by atoms with Gasteiger partial charge in [-0.15, -0.1) is 0 Å². The lowest BCUT2D eigenvalue weighted by Crippen LogP contribution is -2.35. The van der Waals surface area contributed by atoms with E-state index in [1.807, 2.05) is 12.2 Å². The number of nitrogens with one attached hydrogen (secondary N) is 1. The van der Waals surface area contributed by atoms with Crippen molar-refractivity contribution >= 4 is 35.1 Å². The van der Waals surface area contributed by atoms with Gasteiger partial charge in [0, 0.05) is 24.4 Å². The van der Waals surface area contributed by atoms with Crippen molar-refractivity contribution in [2.24, 2.45) is 11.8 Å². The third kappa shape index (κ3) is 4.53. The molecule has 2 aliphatic rings. The fourth-order valence-corrected chi connectivity index (χ4v) is 3.51. The second kappa shape index (κ2) is 8.85. The second-order valence-corrected chi connectivity index (χ2v) is 7.16. The number of nitro groups is 1. The normalized spacial score (nSPS) is 21.2. The molecule has 3 amide bonds. The Morgan fingerprint density at radius 1 is 1.17 bits per heavy atom. The Balaban J connectivity index is 1.47. The van der Waals surface area contributed by atoms with Crippen LogP contribution in [0.15, 0.2) is 36.4 Å². The molecule has 1 saturated heterocycles. The highest BCUT2D eigenvalue weighted by Gasteiger charge is 2.47. The van der Waals surface area contributed by atoms with Crippen LogP contribution in [0.5, 0.6) is 0 Å². The number of hydrogen-bond donors (Lipinski definition) is 1. The first-order valence-corrected chi connectivity index (χ1v) is 9.53. The lowest BCUT2D eigenvalue weighted by atomic mass is 9.85. The van der Waals surface area contributed by atoms with Crippen molar-refractivity contribution in [2.75, 3.05) is 11.9 Å². The molecule has 0 unspecified atom stereocenters. The van der Waals surface area contributed by atoms with Gasteiger partial charge in [-0.05, 0) is 31.9 Å². The Hall–Kier alpha value is -3.56. The summed E-state index contributed by atoms with van der Waals surface area (Å²) in [4.78, 5) is 60.2. The summed E-state index contributed by atoms with van der Waals surface area (Å²) in [6, 6.07) is 5.21. The molecule has 3 atom stereocenters. The predicted molar refractivity (Wildman–Crippen MR) is 104 cm³/mol. The van der Waals surface area contributed by atoms with E-state index >= 15 is 0 Å². The lowest BCUT2D eigenvalue weighted by molar-refractivity contribution is -0.384. The number of anilines is 1. The summed E-state index contributed by atoms with van der Waals surface area (Å²) in [5.74, 6) is -2.58. The molecule has 0 radical (unpaired) electrons. The highest BCUT2D eigenvalue weighted by Crippen LogP contribution is 2.35. The number of allylic oxidation sites excluding steroid dienone is 2. The zero-order valence-electron chi connectivity index (χ0n) is 16.3. The number of imide groups is 1. The number of rotatable bonds is 7. The number of non-ortho nitro benzene ring substituents is 1. The van der Waals surface area contributed by atoms with E-state index in [0.717, 1.165) is 4.90 Å². The molecule has 1 aromatic rings. The first-order chi connectivity index (χ1) is 14.3. The van der Waals surface area contributed by atoms with Crippen LogP contribution >= 0.6 is 0 Å². The number of nitro benzene ring substituents is 1. The van der Waals surface area contributed by atoms with E-state index in [4.69, 9.17) is 4.74 Å². The van der Waals surface area contributed by atoms with Crippen molar-refractivity contribution in [2.45, 2.75) is 32.3 Å². The molecule has 158 valence electrons. The Morgan fingerprint density at radius 2 is 1.73 bits per heavy atom. The average molecular weight is 415 g/mol. The van der Waals surface area contributed by atoms with E-state index in [0.29, 0.717) is 18.5 Å². The van der Waals surface area contributed by atoms with Crippen LogP contribution in [-0.2, 0) is 23.9 Å². The van der Waals surface area contributed by atoms with E-state index in [-0.39, 0.29) is 42.3 Å². The standard InChI is InChI=1S/C20H21N3O7/c1-12(18(25)21-13-6-8-14(9-7-13)23(28)29)30-17(24)10-11-22-19(26)15-4-2-3-5-16(15)20(22)27/h2-3,6-9,12,15-16H,4-5,10-11H2,1H3,(H,21,25)/t12-,15+,16+/m0/s1. The molecule has 30 heavy (non-hydrogen) atoms. The maximum atomic E-state index is 12.4. The number of ether oxygens (including phenoxy) is 1. The fourth-order valence-electron chi connectivity index (χ4n) is 3.51. The maximum Gasteiger partial charge on any atom is 0.308 e. The van der Waals surface area contributed by atoms with E-state index in [1.54, 1.807) is 0 Å². The summed E-state index contributed by atoms with van der Waals surface area (Å²) < 4.78 is 5.07. The van der Waals surface area contributed by atoms with Gasteiger partial charge in [0.2, 0.25) is 11.8 Å². The minimum Gasteiger partial charge on any atom is -0.452 e. The average Bonchev–Trinajstić information content (AvgIpc) is 2.97. The molecule has 0 bridgehead atoms. The van der Waals surface area contributed by atoms with Gasteiger partial charge in [-0.1, -0.05) is 12.2 Å². The summed E-state index contributed by atoms with van der Waals surface area (Å²) in [6.45, 7) is 1.30. The van der Waals surface area contributed by atoms with Gasteiger partial charge in [0.05, 0.1) is 23.2 Å². The number of carbonyl (C=O) groups is 4. The van der Waals surface area contributed by atoms with Crippen LogP contribution in [0.2, 0.25) is 0 Å². The molecule has 1 N–H and O–H groups in total. The van der Waals surface area contributed by atoms with Gasteiger partial charge < -0.3 is 10.1 Å². The summed E-state index contributed by atoms with van der Waals surface area (Å²) in [5, 5.41) is 13.1. The van der Waals surface area contributed by atoms with Crippen LogP contribution < -0.4 is 5.32 Å². The molecule has 0 aromatic heterocycles. The molecule has 0 spiro atoms. The van der Waals surface area contributed by atoms with Crippen molar-refractivity contribution in [3.63, 3.8) is 0 Å². The van der Waals surface area contributed by atoms with Gasteiger partial charge >= 0.3 is 5.97 Å². The molecular formula is C20H21N3O7. The number of hydrogen-bond acceptors (Lipinski definition) is 7. The molecule has 0 saturated carbocycles. The van der Waals surface area contributed by atoms with Gasteiger partial charge in [0.15, 0.2) is 6.10 Å². The Morgan fingerprint density at radius 3 is 2.27 bits per heavy atom. The van der Waals surface area contributed by atoms with Gasteiger partial charge in [0.25, 0.3) is 11.6 Å². The molecule has 1 aromatic carbocycles. The predicted octanol–water partition coefficient (Wildman–Crippen LogP) is 1.81. The highest BCUT2D eigenvalue weighted by atomic mass is 16.6. The first-order valence-electron chi connectivity index (χ1n) is 9.53. The van der Waals surface area contributed by atoms with Crippen molar-refractivity contribution in [1.29, 1.82) is 0 Å². The molecular weight excluding hydrogens is 394 g/mol. The van der Waals surface area contributed by atoms with Crippen molar-refractivity contribution in [3.05, 3.63) is 46.5 Å². The highest BCUT2D eigenvalue weighted by molar-refractivity contribution is 6.05. The first kappa shape index (κ1) is 21.2. The largest absolute Gasteiger partial charge is 0.452 e. The van der Waals surface area contributed by atoms with Crippen molar-refractivity contribution < 1.29 is 28.8 Å². The zero-order chi connectivity index (χ0) is 21.8. The SMILES string of the molecule is C[C@H](OC(=O)CCN1C(=O)[C@@H]2CC=CC[C@H]2C1=O)C(=O)Nc1ccc([N+](=O)[O-])cc1. The number of esters is 1. The number of fused-ring (bicyclic) bond motifs is 1. The Labute approximate surface area is 172 Å². The molecule has 1 fully saturated rings. The van der Waals surface area contributed by atoms with Gasteiger partial charge in [-0.2, -0.15) is 0 Å². The zero-order valence-corrected chi connectivity index (χ0v) is 16.3. The van der Waals surface area contributed by atoms with Crippen LogP contribution in [0, 0.1) is 22.0 Å². The minimum absolute atomic E-state index is 0.0831. The molecule has 1 aliphatic heterocycles. The summed E-state index contributed by atoms with van der Waals surface area (Å²) >= 11 is 0. The second-order valence-electron chi connectivity index (χ2n) is 7.16. The van der Waals surface area contributed by atoms with Crippen LogP contribution in [0.25, 0.3) is 0 Å². The van der Waals surface area contributed by atoms with Gasteiger partial charge in [0.1, 0.15) is 0 Å². The number of amides is 3. The molecule has 1 aliphatic carbocycles. The third-order valence-electron chi connectivity index (χ3n) is 5.16. The number of likely N-dealkylation sites (tertiary alicyclic amines) is 1. The van der Waals surface area contributed by atoms with E-state index in [9.17, 15) is 29.3 Å². The number of carbonyl (C=O) groups excluding carboxylic acids is 4. The van der Waals surface area contributed by atoms with Crippen LogP contribution in [0.4, 0.5) is 11.4 Å². The summed E-state index contributed by atoms with van der Waals surface area (Å²) in [7, 11) is 0.